The van der Waals surface area contributed by atoms with E-state index < -0.39 is 5.54 Å². The lowest BCUT2D eigenvalue weighted by Crippen LogP contribution is -2.70. The van der Waals surface area contributed by atoms with Crippen LogP contribution in [0.3, 0.4) is 0 Å². The zero-order valence-electron chi connectivity index (χ0n) is 12.9. The van der Waals surface area contributed by atoms with Crippen LogP contribution in [0.5, 0.6) is 0 Å². The molecule has 3 unspecified atom stereocenters. The van der Waals surface area contributed by atoms with Crippen molar-refractivity contribution in [2.24, 2.45) is 5.92 Å². The molecule has 2 amide bonds. The first-order valence-corrected chi connectivity index (χ1v) is 7.63. The van der Waals surface area contributed by atoms with Crippen molar-refractivity contribution in [1.29, 1.82) is 0 Å². The van der Waals surface area contributed by atoms with Gasteiger partial charge >= 0.3 is 0 Å². The van der Waals surface area contributed by atoms with Gasteiger partial charge < -0.3 is 15.0 Å². The molecular weight excluding hydrogens is 256 g/mol. The number of carbonyl (C=O) groups is 2. The maximum atomic E-state index is 12.8. The first-order valence-electron chi connectivity index (χ1n) is 7.63. The number of piperazine rings is 1. The predicted molar refractivity (Wildman–Crippen MR) is 76.2 cm³/mol. The molecule has 2 aliphatic rings. The highest BCUT2D eigenvalue weighted by Crippen LogP contribution is 2.29. The molecule has 0 aromatic rings. The second-order valence-corrected chi connectivity index (χ2v) is 6.25. The molecule has 20 heavy (non-hydrogen) atoms. The number of carbonyl (C=O) groups excluding carboxylic acids is 2. The number of amides is 2. The van der Waals surface area contributed by atoms with Crippen LogP contribution < -0.4 is 5.32 Å². The Morgan fingerprint density at radius 2 is 2.00 bits per heavy atom. The Kier molecular flexibility index (Phi) is 4.37. The molecule has 5 nitrogen and oxygen atoms in total. The molecule has 2 aliphatic heterocycles. The fraction of sp³-hybridized carbons (Fsp3) is 0.867. The third-order valence-electron chi connectivity index (χ3n) is 5.00. The van der Waals surface area contributed by atoms with Crippen LogP contribution in [0, 0.1) is 5.92 Å². The van der Waals surface area contributed by atoms with Crippen LogP contribution in [-0.2, 0) is 14.3 Å². The van der Waals surface area contributed by atoms with Crippen molar-refractivity contribution in [2.45, 2.75) is 64.6 Å². The number of hydrogen-bond acceptors (Lipinski definition) is 3. The van der Waals surface area contributed by atoms with E-state index in [0.29, 0.717) is 12.3 Å². The first kappa shape index (κ1) is 15.3. The second-order valence-electron chi connectivity index (χ2n) is 6.25. The Labute approximate surface area is 121 Å². The summed E-state index contributed by atoms with van der Waals surface area (Å²) in [5, 5.41) is 2.87. The Balaban J connectivity index is 2.22. The summed E-state index contributed by atoms with van der Waals surface area (Å²) in [5.41, 5.74) is -0.761. The highest BCUT2D eigenvalue weighted by Gasteiger charge is 2.48. The van der Waals surface area contributed by atoms with Gasteiger partial charge in [-0.2, -0.15) is 0 Å². The Hall–Kier alpha value is -1.10. The van der Waals surface area contributed by atoms with Crippen LogP contribution in [0.1, 0.15) is 47.0 Å². The maximum absolute atomic E-state index is 12.8. The average Bonchev–Trinajstić information content (AvgIpc) is 2.46. The van der Waals surface area contributed by atoms with E-state index in [2.05, 4.69) is 12.2 Å². The number of nitrogens with one attached hydrogen (secondary N) is 1. The lowest BCUT2D eigenvalue weighted by atomic mass is 9.86. The molecule has 0 aliphatic carbocycles. The molecule has 0 saturated carbocycles. The van der Waals surface area contributed by atoms with Crippen LogP contribution in [0.25, 0.3) is 0 Å². The summed E-state index contributed by atoms with van der Waals surface area (Å²) in [5.74, 6) is 0.418. The second kappa shape index (κ2) is 5.72. The van der Waals surface area contributed by atoms with Gasteiger partial charge in [-0.3, -0.25) is 9.59 Å². The number of ether oxygens (including phenoxy) is 1. The summed E-state index contributed by atoms with van der Waals surface area (Å²) >= 11 is 0. The molecule has 2 fully saturated rings. The van der Waals surface area contributed by atoms with Crippen LogP contribution in [0.4, 0.5) is 0 Å². The molecular formula is C15H26N2O3. The minimum absolute atomic E-state index is 0.0473. The van der Waals surface area contributed by atoms with Crippen molar-refractivity contribution in [3.05, 3.63) is 0 Å². The molecule has 114 valence electrons. The van der Waals surface area contributed by atoms with Crippen LogP contribution in [0.15, 0.2) is 0 Å². The molecule has 5 heteroatoms. The summed E-state index contributed by atoms with van der Waals surface area (Å²) in [4.78, 5) is 26.8. The molecule has 0 aromatic heterocycles. The summed E-state index contributed by atoms with van der Waals surface area (Å²) < 4.78 is 5.39. The quantitative estimate of drug-likeness (QED) is 0.849. The third-order valence-corrected chi connectivity index (χ3v) is 5.00. The van der Waals surface area contributed by atoms with E-state index in [9.17, 15) is 9.59 Å². The van der Waals surface area contributed by atoms with E-state index in [1.807, 2.05) is 20.8 Å². The van der Waals surface area contributed by atoms with Crippen LogP contribution >= 0.6 is 0 Å². The van der Waals surface area contributed by atoms with Gasteiger partial charge in [-0.25, -0.2) is 0 Å². The number of hydrogen-bond donors (Lipinski definition) is 1. The van der Waals surface area contributed by atoms with Gasteiger partial charge in [0.1, 0.15) is 11.6 Å². The minimum atomic E-state index is -0.761. The fourth-order valence-corrected chi connectivity index (χ4v) is 3.22. The molecule has 0 spiro atoms. The van der Waals surface area contributed by atoms with Gasteiger partial charge in [-0.1, -0.05) is 6.92 Å². The molecule has 2 saturated heterocycles. The molecule has 2 rings (SSSR count). The fourth-order valence-electron chi connectivity index (χ4n) is 3.22. The Bertz CT molecular complexity index is 393. The molecule has 0 aromatic carbocycles. The molecule has 1 N–H and O–H groups in total. The van der Waals surface area contributed by atoms with Gasteiger partial charge in [0.15, 0.2) is 0 Å². The smallest absolute Gasteiger partial charge is 0.248 e. The lowest BCUT2D eigenvalue weighted by molar-refractivity contribution is -0.158. The van der Waals surface area contributed by atoms with E-state index in [0.717, 1.165) is 26.1 Å². The topological polar surface area (TPSA) is 58.6 Å². The average molecular weight is 282 g/mol. The summed E-state index contributed by atoms with van der Waals surface area (Å²) in [6, 6.07) is -0.307. The minimum Gasteiger partial charge on any atom is -0.381 e. The lowest BCUT2D eigenvalue weighted by Gasteiger charge is -2.48. The van der Waals surface area contributed by atoms with Crippen molar-refractivity contribution < 1.29 is 14.3 Å². The van der Waals surface area contributed by atoms with Crippen LogP contribution in [0.2, 0.25) is 0 Å². The van der Waals surface area contributed by atoms with E-state index in [1.54, 1.807) is 4.90 Å². The van der Waals surface area contributed by atoms with E-state index in [-0.39, 0.29) is 23.9 Å². The van der Waals surface area contributed by atoms with Gasteiger partial charge in [0.05, 0.1) is 0 Å². The SMILES string of the molecule is CCC1(C)NC(=O)C(C)N(C(C)C2CCOCC2)C1=O. The first-order chi connectivity index (χ1) is 9.40. The highest BCUT2D eigenvalue weighted by molar-refractivity contribution is 5.99. The standard InChI is InChI=1S/C15H26N2O3/c1-5-15(4)14(19)17(11(3)13(18)16-15)10(2)12-6-8-20-9-7-12/h10-12H,5-9H2,1-4H3,(H,16,18). The summed E-state index contributed by atoms with van der Waals surface area (Å²) in [6.45, 7) is 9.15. The summed E-state index contributed by atoms with van der Waals surface area (Å²) in [6.07, 6.45) is 2.53. The van der Waals surface area contributed by atoms with Crippen molar-refractivity contribution in [3.8, 4) is 0 Å². The van der Waals surface area contributed by atoms with Gasteiger partial charge in [0.2, 0.25) is 11.8 Å². The normalized spacial score (nSPS) is 34.0. The van der Waals surface area contributed by atoms with E-state index in [1.165, 1.54) is 0 Å². The van der Waals surface area contributed by atoms with Crippen molar-refractivity contribution in [2.75, 3.05) is 13.2 Å². The molecule has 3 atom stereocenters. The van der Waals surface area contributed by atoms with Crippen molar-refractivity contribution in [1.82, 2.24) is 10.2 Å². The Morgan fingerprint density at radius 3 is 2.55 bits per heavy atom. The number of nitrogens with zero attached hydrogens (tertiary/aromatic N) is 1. The van der Waals surface area contributed by atoms with E-state index in [4.69, 9.17) is 4.74 Å². The predicted octanol–water partition coefficient (Wildman–Crippen LogP) is 1.32. The molecule has 2 heterocycles. The zero-order chi connectivity index (χ0) is 14.9. The van der Waals surface area contributed by atoms with Gasteiger partial charge in [-0.15, -0.1) is 0 Å². The van der Waals surface area contributed by atoms with E-state index >= 15 is 0 Å². The van der Waals surface area contributed by atoms with Crippen LogP contribution in [-0.4, -0.2) is 47.6 Å². The van der Waals surface area contributed by atoms with Gasteiger partial charge in [0.25, 0.3) is 0 Å². The third kappa shape index (κ3) is 2.55. The Morgan fingerprint density at radius 1 is 1.40 bits per heavy atom. The van der Waals surface area contributed by atoms with Crippen molar-refractivity contribution >= 4 is 11.8 Å². The molecule has 0 radical (unpaired) electrons. The molecule has 0 bridgehead atoms. The van der Waals surface area contributed by atoms with Gasteiger partial charge in [-0.05, 0) is 46.0 Å². The zero-order valence-corrected chi connectivity index (χ0v) is 12.9. The highest BCUT2D eigenvalue weighted by atomic mass is 16.5. The maximum Gasteiger partial charge on any atom is 0.248 e. The van der Waals surface area contributed by atoms with Gasteiger partial charge in [0, 0.05) is 19.3 Å². The summed E-state index contributed by atoms with van der Waals surface area (Å²) in [7, 11) is 0. The largest absolute Gasteiger partial charge is 0.381 e. The number of rotatable bonds is 3. The monoisotopic (exact) mass is 282 g/mol. The van der Waals surface area contributed by atoms with Crippen molar-refractivity contribution in [3.63, 3.8) is 0 Å².